The van der Waals surface area contributed by atoms with Gasteiger partial charge in [-0.2, -0.15) is 5.26 Å². The molecule has 0 saturated carbocycles. The molecule has 0 atom stereocenters. The first-order chi connectivity index (χ1) is 17.0. The second-order valence-electron chi connectivity index (χ2n) is 8.10. The van der Waals surface area contributed by atoms with Gasteiger partial charge >= 0.3 is 5.97 Å². The number of fused-ring (bicyclic) bond motifs is 1. The van der Waals surface area contributed by atoms with Gasteiger partial charge in [0.2, 0.25) is 0 Å². The van der Waals surface area contributed by atoms with E-state index in [2.05, 4.69) is 11.4 Å². The maximum absolute atomic E-state index is 13.2. The molecule has 0 aliphatic carbocycles. The summed E-state index contributed by atoms with van der Waals surface area (Å²) in [6, 6.07) is 28.3. The minimum absolute atomic E-state index is 0.0744. The monoisotopic (exact) mass is 464 g/mol. The third-order valence-electron chi connectivity index (χ3n) is 5.75. The van der Waals surface area contributed by atoms with E-state index < -0.39 is 5.97 Å². The van der Waals surface area contributed by atoms with Gasteiger partial charge in [-0.25, -0.2) is 0 Å². The number of hydrogen-bond donors (Lipinski definition) is 2. The number of benzene rings is 4. The number of carboxylic acids is 1. The first kappa shape index (κ1) is 23.5. The molecule has 0 heterocycles. The van der Waals surface area contributed by atoms with Gasteiger partial charge in [-0.15, -0.1) is 0 Å². The molecule has 0 radical (unpaired) electrons. The maximum Gasteiger partial charge on any atom is 0.303 e. The first-order valence-corrected chi connectivity index (χ1v) is 11.3. The Bertz CT molecular complexity index is 1420. The molecule has 0 spiro atoms. The van der Waals surface area contributed by atoms with Crippen LogP contribution in [0.2, 0.25) is 0 Å². The van der Waals surface area contributed by atoms with Crippen LogP contribution >= 0.6 is 0 Å². The Balaban J connectivity index is 1.54. The standard InChI is InChI=1S/C29H24N2O4/c30-17-23-7-2-4-11-27(23)35-19-20-12-13-22(14-15-28(32)33)26(16-20)29(34)31-18-24-9-5-8-21-6-1-3-10-25(21)24/h1-13,16H,14-15,18-19H2,(H,31,34)(H,32,33). The summed E-state index contributed by atoms with van der Waals surface area (Å²) in [5.41, 5.74) is 3.24. The Kier molecular flexibility index (Phi) is 7.39. The molecule has 0 aliphatic rings. The summed E-state index contributed by atoms with van der Waals surface area (Å²) >= 11 is 0. The number of nitriles is 1. The quantitative estimate of drug-likeness (QED) is 0.353. The second kappa shape index (κ2) is 11.0. The minimum atomic E-state index is -0.923. The molecule has 4 aromatic rings. The average Bonchev–Trinajstić information content (AvgIpc) is 2.89. The molecule has 6 nitrogen and oxygen atoms in total. The predicted octanol–water partition coefficient (Wildman–Crippen LogP) is 5.24. The summed E-state index contributed by atoms with van der Waals surface area (Å²) in [5.74, 6) is -0.739. The molecular weight excluding hydrogens is 440 g/mol. The lowest BCUT2D eigenvalue weighted by molar-refractivity contribution is -0.136. The lowest BCUT2D eigenvalue weighted by Gasteiger charge is -2.14. The number of carboxylic acid groups (broad SMARTS) is 1. The normalized spacial score (nSPS) is 10.5. The van der Waals surface area contributed by atoms with Crippen LogP contribution in [0.5, 0.6) is 5.75 Å². The topological polar surface area (TPSA) is 99.4 Å². The van der Waals surface area contributed by atoms with Gasteiger partial charge < -0.3 is 15.2 Å². The van der Waals surface area contributed by atoms with Crippen LogP contribution in [0, 0.1) is 11.3 Å². The van der Waals surface area contributed by atoms with Crippen molar-refractivity contribution in [2.24, 2.45) is 0 Å². The number of aliphatic carboxylic acids is 1. The van der Waals surface area contributed by atoms with Gasteiger partial charge in [0.25, 0.3) is 5.91 Å². The van der Waals surface area contributed by atoms with E-state index >= 15 is 0 Å². The number of carbonyl (C=O) groups is 2. The second-order valence-corrected chi connectivity index (χ2v) is 8.10. The Morgan fingerprint density at radius 2 is 1.69 bits per heavy atom. The van der Waals surface area contributed by atoms with Crippen molar-refractivity contribution in [2.75, 3.05) is 0 Å². The molecular formula is C29H24N2O4. The molecule has 0 bridgehead atoms. The molecule has 6 heteroatoms. The minimum Gasteiger partial charge on any atom is -0.488 e. The number of carbonyl (C=O) groups excluding carboxylic acids is 1. The fourth-order valence-electron chi connectivity index (χ4n) is 3.95. The van der Waals surface area contributed by atoms with E-state index in [9.17, 15) is 14.9 Å². The molecule has 4 rings (SSSR count). The van der Waals surface area contributed by atoms with Crippen molar-refractivity contribution in [3.05, 3.63) is 113 Å². The summed E-state index contributed by atoms with van der Waals surface area (Å²) in [6.45, 7) is 0.510. The number of amides is 1. The fourth-order valence-corrected chi connectivity index (χ4v) is 3.95. The van der Waals surface area contributed by atoms with Gasteiger partial charge in [-0.05, 0) is 52.1 Å². The van der Waals surface area contributed by atoms with E-state index in [0.717, 1.165) is 21.9 Å². The number of ether oxygens (including phenoxy) is 1. The predicted molar refractivity (Wildman–Crippen MR) is 133 cm³/mol. The lowest BCUT2D eigenvalue weighted by atomic mass is 9.99. The van der Waals surface area contributed by atoms with E-state index in [-0.39, 0.29) is 25.4 Å². The highest BCUT2D eigenvalue weighted by Crippen LogP contribution is 2.21. The molecule has 174 valence electrons. The summed E-state index contributed by atoms with van der Waals surface area (Å²) < 4.78 is 5.82. The molecule has 0 unspecified atom stereocenters. The van der Waals surface area contributed by atoms with Crippen LogP contribution in [0.1, 0.15) is 39.0 Å². The van der Waals surface area contributed by atoms with E-state index in [1.54, 1.807) is 36.4 Å². The zero-order chi connectivity index (χ0) is 24.6. The van der Waals surface area contributed by atoms with E-state index in [0.29, 0.717) is 29.0 Å². The van der Waals surface area contributed by atoms with Crippen molar-refractivity contribution in [2.45, 2.75) is 26.0 Å². The van der Waals surface area contributed by atoms with Gasteiger partial charge in [0.15, 0.2) is 0 Å². The van der Waals surface area contributed by atoms with Crippen LogP contribution in [0.3, 0.4) is 0 Å². The molecule has 1 amide bonds. The molecule has 0 fully saturated rings. The number of para-hydroxylation sites is 1. The van der Waals surface area contributed by atoms with Gasteiger partial charge in [0.05, 0.1) is 5.56 Å². The highest BCUT2D eigenvalue weighted by atomic mass is 16.5. The van der Waals surface area contributed by atoms with Gasteiger partial charge in [-0.3, -0.25) is 9.59 Å². The molecule has 2 N–H and O–H groups in total. The van der Waals surface area contributed by atoms with Crippen molar-refractivity contribution in [1.82, 2.24) is 5.32 Å². The third kappa shape index (κ3) is 5.84. The van der Waals surface area contributed by atoms with Crippen LogP contribution < -0.4 is 10.1 Å². The van der Waals surface area contributed by atoms with E-state index in [1.165, 1.54) is 0 Å². The van der Waals surface area contributed by atoms with Gasteiger partial charge in [0, 0.05) is 18.5 Å². The van der Waals surface area contributed by atoms with Gasteiger partial charge in [0.1, 0.15) is 18.4 Å². The highest BCUT2D eigenvalue weighted by Gasteiger charge is 2.15. The lowest BCUT2D eigenvalue weighted by Crippen LogP contribution is -2.24. The summed E-state index contributed by atoms with van der Waals surface area (Å²) in [7, 11) is 0. The molecule has 35 heavy (non-hydrogen) atoms. The van der Waals surface area contributed by atoms with Crippen molar-refractivity contribution in [3.63, 3.8) is 0 Å². The van der Waals surface area contributed by atoms with Crippen LogP contribution in [0.15, 0.2) is 84.9 Å². The molecule has 0 aliphatic heterocycles. The van der Waals surface area contributed by atoms with Crippen LogP contribution in [0.25, 0.3) is 10.8 Å². The van der Waals surface area contributed by atoms with Crippen LogP contribution in [-0.4, -0.2) is 17.0 Å². The molecule has 4 aromatic carbocycles. The van der Waals surface area contributed by atoms with Crippen LogP contribution in [-0.2, 0) is 24.4 Å². The summed E-state index contributed by atoms with van der Waals surface area (Å²) in [5, 5.41) is 23.5. The third-order valence-corrected chi connectivity index (χ3v) is 5.75. The van der Waals surface area contributed by atoms with E-state index in [4.69, 9.17) is 9.84 Å². The summed E-state index contributed by atoms with van der Waals surface area (Å²) in [6.07, 6.45) is 0.166. The van der Waals surface area contributed by atoms with Gasteiger partial charge in [-0.1, -0.05) is 66.7 Å². The highest BCUT2D eigenvalue weighted by molar-refractivity contribution is 5.96. The zero-order valence-electron chi connectivity index (χ0n) is 19.0. The number of hydrogen-bond acceptors (Lipinski definition) is 4. The summed E-state index contributed by atoms with van der Waals surface area (Å²) in [4.78, 5) is 24.3. The largest absolute Gasteiger partial charge is 0.488 e. The Morgan fingerprint density at radius 3 is 2.51 bits per heavy atom. The van der Waals surface area contributed by atoms with Crippen molar-refractivity contribution in [3.8, 4) is 11.8 Å². The Labute approximate surface area is 203 Å². The van der Waals surface area contributed by atoms with Crippen molar-refractivity contribution in [1.29, 1.82) is 5.26 Å². The molecule has 0 aromatic heterocycles. The van der Waals surface area contributed by atoms with Crippen LogP contribution in [0.4, 0.5) is 0 Å². The number of aryl methyl sites for hydroxylation is 1. The number of nitrogens with one attached hydrogen (secondary N) is 1. The molecule has 0 saturated heterocycles. The SMILES string of the molecule is N#Cc1ccccc1OCc1ccc(CCC(=O)O)c(C(=O)NCc2cccc3ccccc23)c1. The maximum atomic E-state index is 13.2. The number of nitrogens with zero attached hydrogens (tertiary/aromatic N) is 1. The fraction of sp³-hybridized carbons (Fsp3) is 0.138. The first-order valence-electron chi connectivity index (χ1n) is 11.3. The van der Waals surface area contributed by atoms with E-state index in [1.807, 2.05) is 48.5 Å². The number of rotatable bonds is 9. The Morgan fingerprint density at radius 1 is 0.914 bits per heavy atom. The van der Waals surface area contributed by atoms with Crippen molar-refractivity contribution >= 4 is 22.6 Å². The zero-order valence-corrected chi connectivity index (χ0v) is 19.0. The average molecular weight is 465 g/mol. The Hall–Kier alpha value is -4.63. The smallest absolute Gasteiger partial charge is 0.303 e. The van der Waals surface area contributed by atoms with Crippen molar-refractivity contribution < 1.29 is 19.4 Å².